The molecule has 0 bridgehead atoms. The van der Waals surface area contributed by atoms with Gasteiger partial charge in [0.2, 0.25) is 0 Å². The van der Waals surface area contributed by atoms with E-state index >= 15 is 0 Å². The summed E-state index contributed by atoms with van der Waals surface area (Å²) in [6, 6.07) is 7.95. The zero-order valence-electron chi connectivity index (χ0n) is 7.84. The molecule has 1 N–H and O–H groups in total. The van der Waals surface area contributed by atoms with Crippen LogP contribution in [0.25, 0.3) is 0 Å². The number of rotatable bonds is 3. The van der Waals surface area contributed by atoms with Crippen LogP contribution in [0.3, 0.4) is 0 Å². The van der Waals surface area contributed by atoms with Gasteiger partial charge in [-0.1, -0.05) is 11.6 Å². The van der Waals surface area contributed by atoms with Crippen molar-refractivity contribution in [2.75, 3.05) is 5.32 Å². The van der Waals surface area contributed by atoms with E-state index in [1.165, 1.54) is 12.1 Å². The number of halogens is 2. The van der Waals surface area contributed by atoms with Crippen molar-refractivity contribution in [1.29, 1.82) is 0 Å². The van der Waals surface area contributed by atoms with Crippen molar-refractivity contribution in [3.8, 4) is 0 Å². The fourth-order valence-corrected chi connectivity index (χ4v) is 1.48. The molecule has 4 heteroatoms. The van der Waals surface area contributed by atoms with Gasteiger partial charge >= 0.3 is 0 Å². The van der Waals surface area contributed by atoms with Crippen molar-refractivity contribution < 1.29 is 8.81 Å². The van der Waals surface area contributed by atoms with Crippen LogP contribution in [-0.2, 0) is 6.54 Å². The summed E-state index contributed by atoms with van der Waals surface area (Å²) in [4.78, 5) is 0. The van der Waals surface area contributed by atoms with Crippen molar-refractivity contribution in [2.45, 2.75) is 6.54 Å². The summed E-state index contributed by atoms with van der Waals surface area (Å²) >= 11 is 5.71. The van der Waals surface area contributed by atoms with Crippen LogP contribution in [0, 0.1) is 5.82 Å². The lowest BCUT2D eigenvalue weighted by molar-refractivity contribution is 0.518. The number of furan rings is 1. The summed E-state index contributed by atoms with van der Waals surface area (Å²) in [5.41, 5.74) is 0.636. The molecule has 0 aliphatic heterocycles. The van der Waals surface area contributed by atoms with Crippen LogP contribution in [0.15, 0.2) is 41.0 Å². The smallest absolute Gasteiger partial charge is 0.126 e. The highest BCUT2D eigenvalue weighted by atomic mass is 35.5. The zero-order valence-corrected chi connectivity index (χ0v) is 8.59. The third-order valence-electron chi connectivity index (χ3n) is 1.91. The maximum atomic E-state index is 12.9. The highest BCUT2D eigenvalue weighted by Crippen LogP contribution is 2.18. The summed E-state index contributed by atoms with van der Waals surface area (Å²) in [5.74, 6) is 0.430. The Balaban J connectivity index is 2.05. The molecule has 0 aliphatic carbocycles. The molecule has 0 amide bonds. The molecule has 2 aromatic rings. The molecule has 1 aromatic carbocycles. The van der Waals surface area contributed by atoms with E-state index in [1.54, 1.807) is 18.4 Å². The summed E-state index contributed by atoms with van der Waals surface area (Å²) in [6.07, 6.45) is 1.59. The van der Waals surface area contributed by atoms with Crippen LogP contribution in [0.4, 0.5) is 10.1 Å². The largest absolute Gasteiger partial charge is 0.467 e. The molecule has 1 heterocycles. The Labute approximate surface area is 91.7 Å². The maximum absolute atomic E-state index is 12.9. The van der Waals surface area contributed by atoms with E-state index in [9.17, 15) is 4.39 Å². The molecule has 15 heavy (non-hydrogen) atoms. The molecular weight excluding hydrogens is 217 g/mol. The first-order valence-corrected chi connectivity index (χ1v) is 4.84. The van der Waals surface area contributed by atoms with Crippen LogP contribution in [0.1, 0.15) is 5.76 Å². The van der Waals surface area contributed by atoms with E-state index in [4.69, 9.17) is 16.0 Å². The first kappa shape index (κ1) is 10.1. The van der Waals surface area contributed by atoms with Crippen LogP contribution < -0.4 is 5.32 Å². The fourth-order valence-electron chi connectivity index (χ4n) is 1.26. The van der Waals surface area contributed by atoms with Crippen molar-refractivity contribution in [3.63, 3.8) is 0 Å². The minimum Gasteiger partial charge on any atom is -0.467 e. The molecule has 2 nitrogen and oxygen atoms in total. The average Bonchev–Trinajstić information content (AvgIpc) is 2.65. The van der Waals surface area contributed by atoms with E-state index in [2.05, 4.69) is 5.32 Å². The Bertz CT molecular complexity index is 422. The van der Waals surface area contributed by atoms with E-state index in [1.807, 2.05) is 6.07 Å². The van der Waals surface area contributed by atoms with E-state index in [-0.39, 0.29) is 5.82 Å². The van der Waals surface area contributed by atoms with Crippen molar-refractivity contribution in [3.05, 3.63) is 53.2 Å². The van der Waals surface area contributed by atoms with Crippen molar-refractivity contribution in [1.82, 2.24) is 0 Å². The molecule has 0 radical (unpaired) electrons. The highest BCUT2D eigenvalue weighted by molar-refractivity contribution is 6.30. The molecule has 0 aliphatic rings. The van der Waals surface area contributed by atoms with Gasteiger partial charge in [-0.2, -0.15) is 0 Å². The Morgan fingerprint density at radius 3 is 2.87 bits per heavy atom. The first-order chi connectivity index (χ1) is 7.24. The summed E-state index contributed by atoms with van der Waals surface area (Å²) in [6.45, 7) is 0.507. The lowest BCUT2D eigenvalue weighted by Gasteiger charge is -2.04. The molecule has 0 saturated heterocycles. The van der Waals surface area contributed by atoms with Gasteiger partial charge in [-0.3, -0.25) is 0 Å². The molecule has 0 atom stereocenters. The lowest BCUT2D eigenvalue weighted by Crippen LogP contribution is -1.98. The number of anilines is 1. The average molecular weight is 226 g/mol. The second kappa shape index (κ2) is 4.36. The molecule has 0 spiro atoms. The summed E-state index contributed by atoms with van der Waals surface area (Å²) in [5, 5.41) is 3.38. The Kier molecular flexibility index (Phi) is 2.92. The Morgan fingerprint density at radius 2 is 2.20 bits per heavy atom. The minimum atomic E-state index is -0.357. The van der Waals surface area contributed by atoms with E-state index in [0.717, 1.165) is 5.76 Å². The zero-order chi connectivity index (χ0) is 10.7. The van der Waals surface area contributed by atoms with Gasteiger partial charge in [-0.05, 0) is 30.3 Å². The van der Waals surface area contributed by atoms with Gasteiger partial charge in [-0.25, -0.2) is 4.39 Å². The second-order valence-corrected chi connectivity index (χ2v) is 3.53. The Hall–Kier alpha value is -1.48. The van der Waals surface area contributed by atoms with Gasteiger partial charge in [0.25, 0.3) is 0 Å². The Morgan fingerprint density at radius 1 is 1.33 bits per heavy atom. The maximum Gasteiger partial charge on any atom is 0.126 e. The third-order valence-corrected chi connectivity index (χ3v) is 2.13. The predicted octanol–water partition coefficient (Wildman–Crippen LogP) is 3.68. The molecule has 2 rings (SSSR count). The third kappa shape index (κ3) is 2.73. The molecule has 0 fully saturated rings. The predicted molar refractivity (Wildman–Crippen MR) is 57.4 cm³/mol. The van der Waals surface area contributed by atoms with Crippen LogP contribution >= 0.6 is 11.6 Å². The fraction of sp³-hybridized carbons (Fsp3) is 0.0909. The van der Waals surface area contributed by atoms with Crippen molar-refractivity contribution >= 4 is 17.3 Å². The van der Waals surface area contributed by atoms with Gasteiger partial charge in [0.15, 0.2) is 0 Å². The van der Waals surface area contributed by atoms with Gasteiger partial charge in [-0.15, -0.1) is 0 Å². The van der Waals surface area contributed by atoms with Crippen LogP contribution in [-0.4, -0.2) is 0 Å². The standard InChI is InChI=1S/C11H9ClFNO/c12-8-4-9(13)6-10(5-8)14-7-11-2-1-3-15-11/h1-6,14H,7H2. The highest BCUT2D eigenvalue weighted by Gasteiger charge is 2.00. The van der Waals surface area contributed by atoms with Crippen molar-refractivity contribution in [2.24, 2.45) is 0 Å². The van der Waals surface area contributed by atoms with Gasteiger partial charge in [0, 0.05) is 10.7 Å². The normalized spacial score (nSPS) is 10.3. The van der Waals surface area contributed by atoms with E-state index < -0.39 is 0 Å². The number of hydrogen-bond donors (Lipinski definition) is 1. The van der Waals surface area contributed by atoms with E-state index in [0.29, 0.717) is 17.3 Å². The topological polar surface area (TPSA) is 25.2 Å². The van der Waals surface area contributed by atoms with Gasteiger partial charge in [0.1, 0.15) is 11.6 Å². The van der Waals surface area contributed by atoms with Crippen LogP contribution in [0.2, 0.25) is 5.02 Å². The number of nitrogens with one attached hydrogen (secondary N) is 1. The number of benzene rings is 1. The quantitative estimate of drug-likeness (QED) is 0.862. The second-order valence-electron chi connectivity index (χ2n) is 3.09. The SMILES string of the molecule is Fc1cc(Cl)cc(NCc2ccco2)c1. The van der Waals surface area contributed by atoms with Gasteiger partial charge in [0.05, 0.1) is 12.8 Å². The molecule has 78 valence electrons. The summed E-state index contributed by atoms with van der Waals surface area (Å²) in [7, 11) is 0. The molecule has 0 saturated carbocycles. The molecule has 1 aromatic heterocycles. The summed E-state index contributed by atoms with van der Waals surface area (Å²) < 4.78 is 18.1. The first-order valence-electron chi connectivity index (χ1n) is 4.46. The number of hydrogen-bond acceptors (Lipinski definition) is 2. The lowest BCUT2D eigenvalue weighted by atomic mass is 10.3. The monoisotopic (exact) mass is 225 g/mol. The molecular formula is C11H9ClFNO. The van der Waals surface area contributed by atoms with Crippen LogP contribution in [0.5, 0.6) is 0 Å². The van der Waals surface area contributed by atoms with Gasteiger partial charge < -0.3 is 9.73 Å². The molecule has 0 unspecified atom stereocenters. The minimum absolute atomic E-state index is 0.357.